The lowest BCUT2D eigenvalue weighted by molar-refractivity contribution is 0.221. The van der Waals surface area contributed by atoms with E-state index in [0.29, 0.717) is 0 Å². The van der Waals surface area contributed by atoms with Crippen LogP contribution in [-0.2, 0) is 0 Å². The molecule has 0 bridgehead atoms. The minimum atomic E-state index is 0.939. The third-order valence-corrected chi connectivity index (χ3v) is 3.65. The molecule has 0 N–H and O–H groups in total. The molecule has 0 amide bonds. The third kappa shape index (κ3) is 6.16. The highest BCUT2D eigenvalue weighted by molar-refractivity contribution is 5.64. The standard InChI is InChI=1S/C11H13N.C7H15N/c1-9-4-6-11(7-5-9)10(2)8-12-3;1-7-4-3-5-8(2)6-7/h4-8H,3H2,1-2H3;7H,3-6H2,1-2H3/b10-8+;. The molecule has 2 rings (SSSR count). The first kappa shape index (κ1) is 16.6. The summed E-state index contributed by atoms with van der Waals surface area (Å²) >= 11 is 0. The van der Waals surface area contributed by atoms with Gasteiger partial charge in [0.15, 0.2) is 0 Å². The molecule has 2 nitrogen and oxygen atoms in total. The van der Waals surface area contributed by atoms with E-state index in [0.717, 1.165) is 11.5 Å². The van der Waals surface area contributed by atoms with Crippen LogP contribution in [0.4, 0.5) is 0 Å². The molecule has 1 fully saturated rings. The Balaban J connectivity index is 0.000000217. The van der Waals surface area contributed by atoms with Gasteiger partial charge in [-0.3, -0.25) is 4.99 Å². The molecule has 0 spiro atoms. The molecule has 0 radical (unpaired) electrons. The van der Waals surface area contributed by atoms with Gasteiger partial charge in [0.1, 0.15) is 0 Å². The molecule has 1 atom stereocenters. The van der Waals surface area contributed by atoms with Gasteiger partial charge in [0, 0.05) is 12.7 Å². The van der Waals surface area contributed by atoms with Crippen molar-refractivity contribution < 1.29 is 0 Å². The van der Waals surface area contributed by atoms with Crippen molar-refractivity contribution >= 4 is 12.3 Å². The SMILES string of the molecule is C=N/C=C(\C)c1ccc(C)cc1.CC1CCCN(C)C1. The summed E-state index contributed by atoms with van der Waals surface area (Å²) in [6.07, 6.45) is 4.60. The molecule has 1 aliphatic heterocycles. The van der Waals surface area contributed by atoms with Crippen LogP contribution >= 0.6 is 0 Å². The van der Waals surface area contributed by atoms with Crippen LogP contribution in [0.1, 0.15) is 37.8 Å². The van der Waals surface area contributed by atoms with E-state index < -0.39 is 0 Å². The number of rotatable bonds is 2. The van der Waals surface area contributed by atoms with Gasteiger partial charge in [0.2, 0.25) is 0 Å². The quantitative estimate of drug-likeness (QED) is 0.728. The summed E-state index contributed by atoms with van der Waals surface area (Å²) in [7, 11) is 2.20. The van der Waals surface area contributed by atoms with E-state index in [1.54, 1.807) is 6.20 Å². The molecule has 1 aliphatic rings. The Morgan fingerprint density at radius 2 is 2.00 bits per heavy atom. The topological polar surface area (TPSA) is 15.6 Å². The maximum absolute atomic E-state index is 3.72. The lowest BCUT2D eigenvalue weighted by Crippen LogP contribution is -2.30. The molecule has 1 unspecified atom stereocenters. The Bertz CT molecular complexity index is 423. The van der Waals surface area contributed by atoms with E-state index in [4.69, 9.17) is 0 Å². The zero-order valence-electron chi connectivity index (χ0n) is 13.4. The van der Waals surface area contributed by atoms with Crippen molar-refractivity contribution in [2.45, 2.75) is 33.6 Å². The first-order chi connectivity index (χ1) is 9.52. The van der Waals surface area contributed by atoms with Crippen LogP contribution in [0.3, 0.4) is 0 Å². The number of hydrogen-bond acceptors (Lipinski definition) is 2. The molecule has 110 valence electrons. The number of aliphatic imine (C=N–C) groups is 1. The number of likely N-dealkylation sites (tertiary alicyclic amines) is 1. The average Bonchev–Trinajstić information content (AvgIpc) is 2.40. The van der Waals surface area contributed by atoms with Crippen molar-refractivity contribution in [2.75, 3.05) is 20.1 Å². The predicted octanol–water partition coefficient (Wildman–Crippen LogP) is 4.40. The first-order valence-electron chi connectivity index (χ1n) is 7.41. The molecule has 1 aromatic carbocycles. The molecular weight excluding hydrogens is 244 g/mol. The molecule has 1 heterocycles. The van der Waals surface area contributed by atoms with Crippen molar-refractivity contribution in [2.24, 2.45) is 10.9 Å². The fraction of sp³-hybridized carbons (Fsp3) is 0.500. The van der Waals surface area contributed by atoms with Crippen LogP contribution in [0.2, 0.25) is 0 Å². The molecule has 0 aliphatic carbocycles. The maximum atomic E-state index is 3.72. The number of aryl methyl sites for hydroxylation is 1. The van der Waals surface area contributed by atoms with Crippen molar-refractivity contribution in [3.05, 3.63) is 41.6 Å². The summed E-state index contributed by atoms with van der Waals surface area (Å²) in [4.78, 5) is 6.13. The average molecular weight is 272 g/mol. The highest BCUT2D eigenvalue weighted by Gasteiger charge is 2.11. The molecule has 20 heavy (non-hydrogen) atoms. The third-order valence-electron chi connectivity index (χ3n) is 3.65. The number of benzene rings is 1. The molecule has 0 aromatic heterocycles. The van der Waals surface area contributed by atoms with Crippen LogP contribution in [0.25, 0.3) is 5.57 Å². The summed E-state index contributed by atoms with van der Waals surface area (Å²) in [6.45, 7) is 12.5. The van der Waals surface area contributed by atoms with E-state index >= 15 is 0 Å². The maximum Gasteiger partial charge on any atom is 0.0295 e. The predicted molar refractivity (Wildman–Crippen MR) is 90.3 cm³/mol. The Kier molecular flexibility index (Phi) is 7.24. The van der Waals surface area contributed by atoms with Gasteiger partial charge in [-0.25, -0.2) is 0 Å². The highest BCUT2D eigenvalue weighted by Crippen LogP contribution is 2.14. The summed E-state index contributed by atoms with van der Waals surface area (Å²) in [6, 6.07) is 8.37. The second kappa shape index (κ2) is 8.70. The number of allylic oxidation sites excluding steroid dienone is 1. The molecule has 2 heteroatoms. The van der Waals surface area contributed by atoms with E-state index in [2.05, 4.69) is 61.8 Å². The zero-order chi connectivity index (χ0) is 15.0. The second-order valence-corrected chi connectivity index (χ2v) is 5.87. The van der Waals surface area contributed by atoms with Gasteiger partial charge in [0.05, 0.1) is 0 Å². The monoisotopic (exact) mass is 272 g/mol. The van der Waals surface area contributed by atoms with Gasteiger partial charge >= 0.3 is 0 Å². The van der Waals surface area contributed by atoms with Crippen molar-refractivity contribution in [3.63, 3.8) is 0 Å². The van der Waals surface area contributed by atoms with E-state index in [-0.39, 0.29) is 0 Å². The fourth-order valence-electron chi connectivity index (χ4n) is 2.45. The smallest absolute Gasteiger partial charge is 0.0295 e. The van der Waals surface area contributed by atoms with Crippen LogP contribution in [-0.4, -0.2) is 31.8 Å². The van der Waals surface area contributed by atoms with Gasteiger partial charge in [-0.1, -0.05) is 36.8 Å². The molecule has 1 aromatic rings. The number of nitrogens with zero attached hydrogens (tertiary/aromatic N) is 2. The van der Waals surface area contributed by atoms with Gasteiger partial charge < -0.3 is 4.90 Å². The fourth-order valence-corrected chi connectivity index (χ4v) is 2.45. The van der Waals surface area contributed by atoms with Crippen LogP contribution < -0.4 is 0 Å². The zero-order valence-corrected chi connectivity index (χ0v) is 13.4. The Labute approximate surface area is 124 Å². The Morgan fingerprint density at radius 3 is 2.45 bits per heavy atom. The second-order valence-electron chi connectivity index (χ2n) is 5.87. The lowest BCUT2D eigenvalue weighted by atomic mass is 10.0. The van der Waals surface area contributed by atoms with Crippen molar-refractivity contribution in [3.8, 4) is 0 Å². The van der Waals surface area contributed by atoms with Gasteiger partial charge in [-0.15, -0.1) is 0 Å². The summed E-state index contributed by atoms with van der Waals surface area (Å²) < 4.78 is 0. The van der Waals surface area contributed by atoms with E-state index in [9.17, 15) is 0 Å². The van der Waals surface area contributed by atoms with Gasteiger partial charge in [-0.05, 0) is 64.1 Å². The van der Waals surface area contributed by atoms with E-state index in [1.807, 2.05) is 6.92 Å². The normalized spacial score (nSPS) is 20.0. The summed E-state index contributed by atoms with van der Waals surface area (Å²) in [5.74, 6) is 0.939. The molecular formula is C18H28N2. The Morgan fingerprint density at radius 1 is 1.35 bits per heavy atom. The largest absolute Gasteiger partial charge is 0.306 e. The van der Waals surface area contributed by atoms with E-state index in [1.165, 1.54) is 37.1 Å². The number of hydrogen-bond donors (Lipinski definition) is 0. The van der Waals surface area contributed by atoms with Crippen molar-refractivity contribution in [1.29, 1.82) is 0 Å². The Hall–Kier alpha value is -1.41. The van der Waals surface area contributed by atoms with Crippen LogP contribution in [0, 0.1) is 12.8 Å². The van der Waals surface area contributed by atoms with Crippen LogP contribution in [0.5, 0.6) is 0 Å². The minimum Gasteiger partial charge on any atom is -0.306 e. The van der Waals surface area contributed by atoms with Gasteiger partial charge in [-0.2, -0.15) is 0 Å². The number of piperidine rings is 1. The minimum absolute atomic E-state index is 0.939. The molecule has 1 saturated heterocycles. The molecule has 0 saturated carbocycles. The summed E-state index contributed by atoms with van der Waals surface area (Å²) in [5.41, 5.74) is 3.62. The lowest BCUT2D eigenvalue weighted by Gasteiger charge is -2.26. The van der Waals surface area contributed by atoms with Crippen LogP contribution in [0.15, 0.2) is 35.5 Å². The van der Waals surface area contributed by atoms with Crippen molar-refractivity contribution in [1.82, 2.24) is 4.90 Å². The summed E-state index contributed by atoms with van der Waals surface area (Å²) in [5, 5.41) is 0. The first-order valence-corrected chi connectivity index (χ1v) is 7.41. The van der Waals surface area contributed by atoms with Gasteiger partial charge in [0.25, 0.3) is 0 Å². The highest BCUT2D eigenvalue weighted by atomic mass is 15.1.